The first-order valence-electron chi connectivity index (χ1n) is 9.74. The van der Waals surface area contributed by atoms with Crippen molar-refractivity contribution in [2.45, 2.75) is 13.5 Å². The number of halogens is 1. The summed E-state index contributed by atoms with van der Waals surface area (Å²) in [4.78, 5) is 21.0. The molecule has 2 N–H and O–H groups in total. The fraction of sp³-hybridized carbons (Fsp3) is 0.364. The van der Waals surface area contributed by atoms with Crippen molar-refractivity contribution < 1.29 is 4.79 Å². The number of nitrogens with zero attached hydrogens (tertiary/aromatic N) is 3. The van der Waals surface area contributed by atoms with Crippen LogP contribution in [0.3, 0.4) is 0 Å². The lowest BCUT2D eigenvalue weighted by Gasteiger charge is -2.36. The topological polar surface area (TPSA) is 60.0 Å². The molecule has 0 saturated carbocycles. The Morgan fingerprint density at radius 3 is 2.28 bits per heavy atom. The first-order chi connectivity index (χ1) is 13.7. The molecule has 1 amide bonds. The second kappa shape index (κ2) is 11.6. The summed E-state index contributed by atoms with van der Waals surface area (Å²) < 4.78 is 0. The minimum atomic E-state index is 0. The Morgan fingerprint density at radius 1 is 0.966 bits per heavy atom. The van der Waals surface area contributed by atoms with E-state index in [1.165, 1.54) is 16.8 Å². The van der Waals surface area contributed by atoms with Crippen LogP contribution in [0.25, 0.3) is 0 Å². The van der Waals surface area contributed by atoms with Gasteiger partial charge in [0.15, 0.2) is 5.96 Å². The zero-order valence-corrected chi connectivity index (χ0v) is 19.4. The van der Waals surface area contributed by atoms with Crippen molar-refractivity contribution in [2.24, 2.45) is 4.99 Å². The highest BCUT2D eigenvalue weighted by Gasteiger charge is 2.21. The van der Waals surface area contributed by atoms with E-state index in [0.717, 1.165) is 26.2 Å². The van der Waals surface area contributed by atoms with Crippen LogP contribution in [0, 0.1) is 6.92 Å². The standard InChI is InChI=1S/C22H29N5O.HI/c1-18-8-6-7-9-19(18)16-24-22(23-2)25-17-21(28)27-14-12-26(13-15-27)20-10-4-3-5-11-20;/h3-11H,12-17H2,1-2H3,(H2,23,24,25);1H. The first-order valence-corrected chi connectivity index (χ1v) is 9.74. The van der Waals surface area contributed by atoms with Gasteiger partial charge in [0.1, 0.15) is 0 Å². The van der Waals surface area contributed by atoms with E-state index in [0.29, 0.717) is 12.5 Å². The van der Waals surface area contributed by atoms with Gasteiger partial charge in [-0.2, -0.15) is 0 Å². The molecule has 0 atom stereocenters. The van der Waals surface area contributed by atoms with E-state index in [2.05, 4.69) is 51.7 Å². The molecule has 2 aromatic carbocycles. The number of anilines is 1. The fourth-order valence-corrected chi connectivity index (χ4v) is 3.33. The van der Waals surface area contributed by atoms with Crippen LogP contribution in [0.1, 0.15) is 11.1 Å². The van der Waals surface area contributed by atoms with Crippen LogP contribution in [0.5, 0.6) is 0 Å². The van der Waals surface area contributed by atoms with Crippen molar-refractivity contribution in [3.05, 3.63) is 65.7 Å². The van der Waals surface area contributed by atoms with E-state index in [1.54, 1.807) is 7.05 Å². The van der Waals surface area contributed by atoms with Gasteiger partial charge in [-0.3, -0.25) is 9.79 Å². The van der Waals surface area contributed by atoms with Crippen LogP contribution in [0.15, 0.2) is 59.6 Å². The molecule has 0 aromatic heterocycles. The van der Waals surface area contributed by atoms with Gasteiger partial charge in [0, 0.05) is 45.5 Å². The Balaban J connectivity index is 0.00000300. The molecular formula is C22H30IN5O. The fourth-order valence-electron chi connectivity index (χ4n) is 3.33. The van der Waals surface area contributed by atoms with E-state index in [1.807, 2.05) is 35.2 Å². The van der Waals surface area contributed by atoms with Gasteiger partial charge in [0.05, 0.1) is 6.54 Å². The second-order valence-corrected chi connectivity index (χ2v) is 6.91. The molecule has 7 heteroatoms. The highest BCUT2D eigenvalue weighted by molar-refractivity contribution is 14.0. The van der Waals surface area contributed by atoms with Crippen LogP contribution in [0.2, 0.25) is 0 Å². The Bertz CT molecular complexity index is 804. The lowest BCUT2D eigenvalue weighted by atomic mass is 10.1. The molecule has 0 spiro atoms. The summed E-state index contributed by atoms with van der Waals surface area (Å²) in [6.45, 7) is 6.21. The molecule has 1 heterocycles. The van der Waals surface area contributed by atoms with Gasteiger partial charge >= 0.3 is 0 Å². The molecule has 2 aromatic rings. The molecule has 0 bridgehead atoms. The number of nitrogens with one attached hydrogen (secondary N) is 2. The second-order valence-electron chi connectivity index (χ2n) is 6.91. The average Bonchev–Trinajstić information content (AvgIpc) is 2.75. The van der Waals surface area contributed by atoms with E-state index in [-0.39, 0.29) is 36.4 Å². The number of para-hydroxylation sites is 1. The Kier molecular flexibility index (Phi) is 9.24. The zero-order chi connectivity index (χ0) is 19.8. The summed E-state index contributed by atoms with van der Waals surface area (Å²) in [5.41, 5.74) is 3.67. The Hall–Kier alpha value is -2.29. The Morgan fingerprint density at radius 2 is 1.62 bits per heavy atom. The summed E-state index contributed by atoms with van der Waals surface area (Å²) in [7, 11) is 1.72. The SMILES string of the molecule is CN=C(NCC(=O)N1CCN(c2ccccc2)CC1)NCc1ccccc1C.I. The van der Waals surface area contributed by atoms with Gasteiger partial charge in [0.25, 0.3) is 0 Å². The van der Waals surface area contributed by atoms with Crippen LogP contribution >= 0.6 is 24.0 Å². The number of aryl methyl sites for hydroxylation is 1. The molecule has 29 heavy (non-hydrogen) atoms. The van der Waals surface area contributed by atoms with Crippen molar-refractivity contribution in [1.29, 1.82) is 0 Å². The first kappa shape index (κ1) is 23.0. The van der Waals surface area contributed by atoms with Crippen molar-refractivity contribution >= 4 is 41.5 Å². The van der Waals surface area contributed by atoms with E-state index >= 15 is 0 Å². The van der Waals surface area contributed by atoms with Crippen LogP contribution < -0.4 is 15.5 Å². The summed E-state index contributed by atoms with van der Waals surface area (Å²) in [5, 5.41) is 6.41. The molecule has 0 radical (unpaired) electrons. The molecule has 1 aliphatic rings. The van der Waals surface area contributed by atoms with E-state index in [4.69, 9.17) is 0 Å². The van der Waals surface area contributed by atoms with E-state index < -0.39 is 0 Å². The quantitative estimate of drug-likeness (QED) is 0.371. The van der Waals surface area contributed by atoms with Crippen LogP contribution in [-0.2, 0) is 11.3 Å². The minimum absolute atomic E-state index is 0. The lowest BCUT2D eigenvalue weighted by molar-refractivity contribution is -0.130. The van der Waals surface area contributed by atoms with Crippen molar-refractivity contribution in [3.63, 3.8) is 0 Å². The van der Waals surface area contributed by atoms with Gasteiger partial charge in [-0.1, -0.05) is 42.5 Å². The summed E-state index contributed by atoms with van der Waals surface area (Å²) >= 11 is 0. The average molecular weight is 507 g/mol. The van der Waals surface area contributed by atoms with Crippen molar-refractivity contribution in [2.75, 3.05) is 44.7 Å². The number of benzene rings is 2. The minimum Gasteiger partial charge on any atom is -0.368 e. The summed E-state index contributed by atoms with van der Waals surface area (Å²) in [6, 6.07) is 18.6. The molecule has 6 nitrogen and oxygen atoms in total. The largest absolute Gasteiger partial charge is 0.368 e. The normalized spacial score (nSPS) is 14.2. The predicted octanol–water partition coefficient (Wildman–Crippen LogP) is 2.63. The van der Waals surface area contributed by atoms with Gasteiger partial charge in [-0.05, 0) is 30.2 Å². The van der Waals surface area contributed by atoms with Crippen molar-refractivity contribution in [3.8, 4) is 0 Å². The van der Waals surface area contributed by atoms with Gasteiger partial charge in [-0.15, -0.1) is 24.0 Å². The smallest absolute Gasteiger partial charge is 0.242 e. The molecule has 3 rings (SSSR count). The van der Waals surface area contributed by atoms with E-state index in [9.17, 15) is 4.79 Å². The Labute approximate surface area is 190 Å². The number of rotatable bonds is 5. The molecule has 1 saturated heterocycles. The van der Waals surface area contributed by atoms with Gasteiger partial charge in [-0.25, -0.2) is 0 Å². The number of carbonyl (C=O) groups is 1. The summed E-state index contributed by atoms with van der Waals surface area (Å²) in [6.07, 6.45) is 0. The van der Waals surface area contributed by atoms with Crippen LogP contribution in [-0.4, -0.2) is 56.5 Å². The van der Waals surface area contributed by atoms with Crippen LogP contribution in [0.4, 0.5) is 5.69 Å². The molecule has 156 valence electrons. The molecule has 1 aliphatic heterocycles. The number of guanidine groups is 1. The summed E-state index contributed by atoms with van der Waals surface area (Å²) in [5.74, 6) is 0.742. The number of carbonyl (C=O) groups excluding carboxylic acids is 1. The third-order valence-electron chi connectivity index (χ3n) is 5.09. The maximum atomic E-state index is 12.6. The lowest BCUT2D eigenvalue weighted by Crippen LogP contribution is -2.52. The highest BCUT2D eigenvalue weighted by atomic mass is 127. The van der Waals surface area contributed by atoms with Gasteiger partial charge in [0.2, 0.25) is 5.91 Å². The molecule has 0 unspecified atom stereocenters. The highest BCUT2D eigenvalue weighted by Crippen LogP contribution is 2.15. The third kappa shape index (κ3) is 6.62. The molecular weight excluding hydrogens is 477 g/mol. The number of amides is 1. The van der Waals surface area contributed by atoms with Crippen molar-refractivity contribution in [1.82, 2.24) is 15.5 Å². The number of hydrogen-bond donors (Lipinski definition) is 2. The third-order valence-corrected chi connectivity index (χ3v) is 5.09. The maximum Gasteiger partial charge on any atom is 0.242 e. The molecule has 0 aliphatic carbocycles. The number of hydrogen-bond acceptors (Lipinski definition) is 3. The number of piperazine rings is 1. The zero-order valence-electron chi connectivity index (χ0n) is 17.1. The number of aliphatic imine (C=N–C) groups is 1. The molecule has 1 fully saturated rings. The monoisotopic (exact) mass is 507 g/mol. The van der Waals surface area contributed by atoms with Gasteiger partial charge < -0.3 is 20.4 Å². The maximum absolute atomic E-state index is 12.6. The predicted molar refractivity (Wildman–Crippen MR) is 130 cm³/mol.